The minimum absolute atomic E-state index is 0.166. The van der Waals surface area contributed by atoms with E-state index in [0.717, 1.165) is 75.0 Å². The minimum atomic E-state index is 0.166. The maximum Gasteiger partial charge on any atom is 0.254 e. The molecule has 0 radical (unpaired) electrons. The van der Waals surface area contributed by atoms with Crippen molar-refractivity contribution in [1.29, 1.82) is 0 Å². The van der Waals surface area contributed by atoms with Crippen LogP contribution in [0.15, 0.2) is 58.5 Å². The number of guanidine groups is 2. The van der Waals surface area contributed by atoms with Gasteiger partial charge in [0.2, 0.25) is 11.9 Å². The number of likely N-dealkylation sites (tertiary alicyclic amines) is 1. The smallest absolute Gasteiger partial charge is 0.254 e. The molecule has 14 nitrogen and oxygen atoms in total. The number of piperidine rings is 2. The second-order valence-corrected chi connectivity index (χ2v) is 14.6. The number of aliphatic imine (C=N–C) groups is 2. The summed E-state index contributed by atoms with van der Waals surface area (Å²) in [5, 5.41) is 18.0. The lowest BCUT2D eigenvalue weighted by atomic mass is 10.1. The fourth-order valence-electron chi connectivity index (χ4n) is 5.92. The topological polar surface area (TPSA) is 192 Å². The third-order valence-electron chi connectivity index (χ3n) is 8.46. The summed E-state index contributed by atoms with van der Waals surface area (Å²) in [4.78, 5) is 28.6. The standard InChI is InChI=1S/C19H25Cl2N7.C17H21Cl2N7/c1-3-28-8-4-5-14(11-28)24-17-9-12(2)23-19(26-17)27-18(22)25-13-6-7-15(20)16(21)10-13;1-10-7-15(23-12-3-2-6-21-9-12)25-17(22-10)26-16(20)24-11-4-5-13(18)14(19)8-11/h6-7,9-10,14H,3-5,8,11H2,1-2H3,(H4,22,23,24,25,26,27);4-5,7-8,12,21H,2-3,6,9H2,1H3,(H4,20,22,23,24,25,26)/t14-;12-/m11/s1. The first-order chi connectivity index (χ1) is 25.9. The third kappa shape index (κ3) is 13.0. The van der Waals surface area contributed by atoms with Crippen LogP contribution in [0.4, 0.5) is 34.9 Å². The van der Waals surface area contributed by atoms with Crippen LogP contribution in [0.3, 0.4) is 0 Å². The average molecular weight is 817 g/mol. The molecule has 0 aliphatic carbocycles. The lowest BCUT2D eigenvalue weighted by Gasteiger charge is -2.32. The van der Waals surface area contributed by atoms with Gasteiger partial charge in [-0.1, -0.05) is 53.3 Å². The van der Waals surface area contributed by atoms with Gasteiger partial charge < -0.3 is 43.0 Å². The van der Waals surface area contributed by atoms with Gasteiger partial charge in [0.1, 0.15) is 11.6 Å². The Kier molecular flexibility index (Phi) is 15.1. The van der Waals surface area contributed by atoms with Crippen molar-refractivity contribution >= 4 is 93.2 Å². The van der Waals surface area contributed by atoms with Gasteiger partial charge in [-0.3, -0.25) is 0 Å². The van der Waals surface area contributed by atoms with E-state index >= 15 is 0 Å². The van der Waals surface area contributed by atoms with Gasteiger partial charge in [0.25, 0.3) is 11.9 Å². The monoisotopic (exact) mass is 814 g/mol. The molecule has 288 valence electrons. The van der Waals surface area contributed by atoms with E-state index in [9.17, 15) is 0 Å². The van der Waals surface area contributed by atoms with E-state index in [1.807, 2.05) is 26.0 Å². The summed E-state index contributed by atoms with van der Waals surface area (Å²) in [6, 6.07) is 14.8. The molecule has 0 amide bonds. The molecule has 2 aliphatic heterocycles. The molecule has 2 saturated heterocycles. The molecule has 18 heteroatoms. The highest BCUT2D eigenvalue weighted by Gasteiger charge is 2.19. The van der Waals surface area contributed by atoms with Crippen LogP contribution in [0.25, 0.3) is 0 Å². The summed E-state index contributed by atoms with van der Waals surface area (Å²) in [6.07, 6.45) is 4.56. The molecule has 0 spiro atoms. The molecule has 0 unspecified atom stereocenters. The molecule has 0 saturated carbocycles. The first kappa shape index (κ1) is 41.0. The van der Waals surface area contributed by atoms with E-state index in [4.69, 9.17) is 57.9 Å². The number of rotatable bonds is 9. The first-order valence-electron chi connectivity index (χ1n) is 17.7. The molecule has 4 heterocycles. The maximum absolute atomic E-state index is 6.02. The van der Waals surface area contributed by atoms with E-state index in [1.165, 1.54) is 6.42 Å². The van der Waals surface area contributed by atoms with Gasteiger partial charge in [0, 0.05) is 60.1 Å². The van der Waals surface area contributed by atoms with Gasteiger partial charge in [-0.15, -0.1) is 0 Å². The summed E-state index contributed by atoms with van der Waals surface area (Å²) in [5.41, 5.74) is 15.0. The van der Waals surface area contributed by atoms with E-state index in [0.29, 0.717) is 55.4 Å². The summed E-state index contributed by atoms with van der Waals surface area (Å²) in [6.45, 7) is 11.2. The zero-order chi connectivity index (χ0) is 38.6. The average Bonchev–Trinajstić information content (AvgIpc) is 3.11. The molecular weight excluding hydrogens is 770 g/mol. The fraction of sp³-hybridized carbons (Fsp3) is 0.389. The van der Waals surface area contributed by atoms with Crippen molar-refractivity contribution in [3.8, 4) is 0 Å². The highest BCUT2D eigenvalue weighted by Crippen LogP contribution is 2.26. The number of anilines is 4. The van der Waals surface area contributed by atoms with Crippen LogP contribution in [0.1, 0.15) is 44.0 Å². The van der Waals surface area contributed by atoms with Crippen molar-refractivity contribution < 1.29 is 0 Å². The largest absolute Gasteiger partial charge is 0.369 e. The van der Waals surface area contributed by atoms with Gasteiger partial charge in [-0.05, 0) is 95.6 Å². The van der Waals surface area contributed by atoms with Crippen molar-refractivity contribution in [2.24, 2.45) is 21.5 Å². The van der Waals surface area contributed by atoms with E-state index < -0.39 is 0 Å². The molecule has 2 fully saturated rings. The summed E-state index contributed by atoms with van der Waals surface area (Å²) < 4.78 is 0. The van der Waals surface area contributed by atoms with E-state index in [2.05, 4.69) is 68.3 Å². The fourth-order valence-corrected chi connectivity index (χ4v) is 6.52. The molecule has 2 atom stereocenters. The van der Waals surface area contributed by atoms with Crippen molar-refractivity contribution in [3.05, 3.63) is 80.0 Å². The number of nitrogens with two attached hydrogens (primary N) is 2. The van der Waals surface area contributed by atoms with Crippen LogP contribution in [-0.2, 0) is 0 Å². The Morgan fingerprint density at radius 1 is 0.741 bits per heavy atom. The number of likely N-dealkylation sites (N-methyl/N-ethyl adjacent to an activating group) is 1. The van der Waals surface area contributed by atoms with Crippen molar-refractivity contribution in [2.45, 2.75) is 58.5 Å². The van der Waals surface area contributed by atoms with E-state index in [-0.39, 0.29) is 11.9 Å². The lowest BCUT2D eigenvalue weighted by molar-refractivity contribution is 0.226. The Morgan fingerprint density at radius 3 is 1.74 bits per heavy atom. The SMILES string of the molecule is CCN1CCC[C@@H](Nc2cc(C)nc(N=C(N)Nc3ccc(Cl)c(Cl)c3)n2)C1.Cc1cc(N[C@@H]2CCCNC2)nc(N=C(N)Nc2ccc(Cl)c(Cl)c2)n1. The summed E-state index contributed by atoms with van der Waals surface area (Å²) >= 11 is 23.9. The highest BCUT2D eigenvalue weighted by molar-refractivity contribution is 6.42. The van der Waals surface area contributed by atoms with Crippen LogP contribution in [0.5, 0.6) is 0 Å². The van der Waals surface area contributed by atoms with Gasteiger partial charge in [0.15, 0.2) is 0 Å². The predicted molar refractivity (Wildman–Crippen MR) is 225 cm³/mol. The highest BCUT2D eigenvalue weighted by atomic mass is 35.5. The minimum Gasteiger partial charge on any atom is -0.369 e. The Hall–Kier alpha value is -4.18. The van der Waals surface area contributed by atoms with Crippen molar-refractivity contribution in [3.63, 3.8) is 0 Å². The summed E-state index contributed by atoms with van der Waals surface area (Å²) in [5.74, 6) is 2.44. The molecule has 9 N–H and O–H groups in total. The Bertz CT molecular complexity index is 1940. The molecule has 0 bridgehead atoms. The quantitative estimate of drug-likeness (QED) is 0.0657. The van der Waals surface area contributed by atoms with Crippen LogP contribution in [0.2, 0.25) is 20.1 Å². The molecule has 4 aromatic rings. The van der Waals surface area contributed by atoms with Crippen molar-refractivity contribution in [1.82, 2.24) is 30.2 Å². The second kappa shape index (κ2) is 19.9. The molecule has 6 rings (SSSR count). The van der Waals surface area contributed by atoms with Crippen LogP contribution in [-0.4, -0.2) is 81.6 Å². The molecular formula is C36H46Cl4N14. The first-order valence-corrected chi connectivity index (χ1v) is 19.2. The van der Waals surface area contributed by atoms with Crippen LogP contribution >= 0.6 is 46.4 Å². The van der Waals surface area contributed by atoms with Gasteiger partial charge in [-0.2, -0.15) is 20.0 Å². The number of halogens is 4. The van der Waals surface area contributed by atoms with E-state index in [1.54, 1.807) is 36.4 Å². The second-order valence-electron chi connectivity index (χ2n) is 13.0. The van der Waals surface area contributed by atoms with Crippen LogP contribution < -0.4 is 38.1 Å². The normalized spacial score (nSPS) is 18.0. The molecule has 2 aromatic heterocycles. The number of nitrogens with zero attached hydrogens (tertiary/aromatic N) is 7. The Morgan fingerprint density at radius 2 is 1.26 bits per heavy atom. The van der Waals surface area contributed by atoms with Crippen LogP contribution in [0, 0.1) is 13.8 Å². The lowest BCUT2D eigenvalue weighted by Crippen LogP contribution is -2.42. The zero-order valence-electron chi connectivity index (χ0n) is 30.4. The van der Waals surface area contributed by atoms with Gasteiger partial charge in [-0.25, -0.2) is 9.97 Å². The predicted octanol–water partition coefficient (Wildman–Crippen LogP) is 7.36. The van der Waals surface area contributed by atoms with Gasteiger partial charge >= 0.3 is 0 Å². The maximum atomic E-state index is 6.02. The number of nitrogens with one attached hydrogen (secondary N) is 5. The Labute approximate surface area is 336 Å². The third-order valence-corrected chi connectivity index (χ3v) is 9.94. The van der Waals surface area contributed by atoms with Gasteiger partial charge in [0.05, 0.1) is 20.1 Å². The number of benzene rings is 2. The summed E-state index contributed by atoms with van der Waals surface area (Å²) in [7, 11) is 0. The Balaban J connectivity index is 0.000000208. The van der Waals surface area contributed by atoms with Crippen molar-refractivity contribution in [2.75, 3.05) is 54.0 Å². The molecule has 54 heavy (non-hydrogen) atoms. The number of hydrogen-bond donors (Lipinski definition) is 7. The zero-order valence-corrected chi connectivity index (χ0v) is 33.5. The number of aryl methyl sites for hydroxylation is 2. The number of aromatic nitrogens is 4. The number of hydrogen-bond acceptors (Lipinski definition) is 10. The molecule has 2 aliphatic rings. The molecule has 2 aromatic carbocycles.